The van der Waals surface area contributed by atoms with E-state index < -0.39 is 17.4 Å². The van der Waals surface area contributed by atoms with Gasteiger partial charge in [0.25, 0.3) is 5.91 Å². The molecule has 0 unspecified atom stereocenters. The van der Waals surface area contributed by atoms with Gasteiger partial charge >= 0.3 is 5.92 Å². The summed E-state index contributed by atoms with van der Waals surface area (Å²) >= 11 is 0. The Bertz CT molecular complexity index is 316. The summed E-state index contributed by atoms with van der Waals surface area (Å²) in [4.78, 5) is 11.4. The minimum Gasteiger partial charge on any atom is -0.383 e. The van der Waals surface area contributed by atoms with Gasteiger partial charge in [-0.2, -0.15) is 8.78 Å². The molecule has 2 aliphatic carbocycles. The van der Waals surface area contributed by atoms with E-state index in [0.29, 0.717) is 19.3 Å². The largest absolute Gasteiger partial charge is 0.383 e. The van der Waals surface area contributed by atoms with E-state index in [0.717, 1.165) is 0 Å². The lowest BCUT2D eigenvalue weighted by atomic mass is 9.75. The standard InChI is InChI=1S/C11H15F2NO2/c12-11(13,10(16)6-3-7-10)9(15)14-8-4-1-2-5-8/h1-2,8,16H,3-7H2,(H,14,15). The number of nitrogens with one attached hydrogen (secondary N) is 1. The maximum Gasteiger partial charge on any atom is 0.352 e. The highest BCUT2D eigenvalue weighted by Crippen LogP contribution is 2.44. The highest BCUT2D eigenvalue weighted by Gasteiger charge is 2.61. The predicted molar refractivity (Wildman–Crippen MR) is 54.1 cm³/mol. The number of alkyl halides is 2. The van der Waals surface area contributed by atoms with Crippen LogP contribution in [0, 0.1) is 0 Å². The summed E-state index contributed by atoms with van der Waals surface area (Å²) in [5.74, 6) is -5.02. The molecule has 0 aromatic carbocycles. The highest BCUT2D eigenvalue weighted by molar-refractivity contribution is 5.85. The van der Waals surface area contributed by atoms with E-state index in [1.165, 1.54) is 0 Å². The van der Waals surface area contributed by atoms with Gasteiger partial charge in [0.1, 0.15) is 5.60 Å². The van der Waals surface area contributed by atoms with E-state index in [1.54, 1.807) is 0 Å². The molecule has 1 amide bonds. The third kappa shape index (κ3) is 1.73. The number of carbonyl (C=O) groups is 1. The number of hydrogen-bond acceptors (Lipinski definition) is 2. The Balaban J connectivity index is 1.97. The maximum atomic E-state index is 13.6. The lowest BCUT2D eigenvalue weighted by molar-refractivity contribution is -0.216. The van der Waals surface area contributed by atoms with Crippen molar-refractivity contribution in [1.82, 2.24) is 5.32 Å². The van der Waals surface area contributed by atoms with E-state index in [-0.39, 0.29) is 18.9 Å². The first-order valence-corrected chi connectivity index (χ1v) is 5.52. The molecule has 2 aliphatic rings. The lowest BCUT2D eigenvalue weighted by Gasteiger charge is -2.41. The molecular weight excluding hydrogens is 216 g/mol. The monoisotopic (exact) mass is 231 g/mol. The molecule has 0 aromatic rings. The van der Waals surface area contributed by atoms with Gasteiger partial charge in [-0.05, 0) is 32.1 Å². The van der Waals surface area contributed by atoms with Crippen LogP contribution in [0.3, 0.4) is 0 Å². The number of amides is 1. The van der Waals surface area contributed by atoms with E-state index >= 15 is 0 Å². The zero-order valence-corrected chi connectivity index (χ0v) is 8.88. The Labute approximate surface area is 92.5 Å². The maximum absolute atomic E-state index is 13.6. The van der Waals surface area contributed by atoms with Crippen molar-refractivity contribution in [3.8, 4) is 0 Å². The molecule has 16 heavy (non-hydrogen) atoms. The van der Waals surface area contributed by atoms with Crippen LogP contribution in [0.15, 0.2) is 12.2 Å². The molecule has 1 saturated carbocycles. The molecule has 0 bridgehead atoms. The molecular formula is C11H15F2NO2. The summed E-state index contributed by atoms with van der Waals surface area (Å²) in [6.45, 7) is 0. The van der Waals surface area contributed by atoms with E-state index in [2.05, 4.69) is 5.32 Å². The Morgan fingerprint density at radius 1 is 1.38 bits per heavy atom. The van der Waals surface area contributed by atoms with Crippen molar-refractivity contribution in [2.45, 2.75) is 49.7 Å². The first-order chi connectivity index (χ1) is 7.46. The normalized spacial score (nSPS) is 24.2. The topological polar surface area (TPSA) is 49.3 Å². The van der Waals surface area contributed by atoms with E-state index in [1.807, 2.05) is 12.2 Å². The van der Waals surface area contributed by atoms with Crippen LogP contribution >= 0.6 is 0 Å². The van der Waals surface area contributed by atoms with Gasteiger partial charge in [-0.25, -0.2) is 0 Å². The second-order valence-electron chi connectivity index (χ2n) is 4.57. The van der Waals surface area contributed by atoms with Crippen LogP contribution in [0.5, 0.6) is 0 Å². The van der Waals surface area contributed by atoms with Crippen LogP contribution < -0.4 is 5.32 Å². The molecule has 3 nitrogen and oxygen atoms in total. The van der Waals surface area contributed by atoms with Crippen molar-refractivity contribution in [1.29, 1.82) is 0 Å². The van der Waals surface area contributed by atoms with Crippen molar-refractivity contribution in [3.05, 3.63) is 12.2 Å². The SMILES string of the molecule is O=C(NC1CC=CC1)C(F)(F)C1(O)CCC1. The minimum atomic E-state index is -3.67. The van der Waals surface area contributed by atoms with Crippen molar-refractivity contribution < 1.29 is 18.7 Å². The second kappa shape index (κ2) is 3.80. The van der Waals surface area contributed by atoms with Gasteiger partial charge in [-0.15, -0.1) is 0 Å². The van der Waals surface area contributed by atoms with Crippen molar-refractivity contribution in [3.63, 3.8) is 0 Å². The molecule has 90 valence electrons. The summed E-state index contributed by atoms with van der Waals surface area (Å²) in [5, 5.41) is 11.8. The highest BCUT2D eigenvalue weighted by atomic mass is 19.3. The van der Waals surface area contributed by atoms with Crippen LogP contribution in [-0.2, 0) is 4.79 Å². The van der Waals surface area contributed by atoms with Gasteiger partial charge < -0.3 is 10.4 Å². The lowest BCUT2D eigenvalue weighted by Crippen LogP contribution is -2.61. The van der Waals surface area contributed by atoms with Gasteiger partial charge in [-0.1, -0.05) is 12.2 Å². The molecule has 0 saturated heterocycles. The van der Waals surface area contributed by atoms with Gasteiger partial charge in [0.2, 0.25) is 0 Å². The van der Waals surface area contributed by atoms with Crippen LogP contribution in [0.25, 0.3) is 0 Å². The molecule has 0 atom stereocenters. The summed E-state index contributed by atoms with van der Waals surface area (Å²) in [6.07, 6.45) is 5.40. The van der Waals surface area contributed by atoms with Crippen LogP contribution in [0.4, 0.5) is 8.78 Å². The smallest absolute Gasteiger partial charge is 0.352 e. The number of carbonyl (C=O) groups excluding carboxylic acids is 1. The Morgan fingerprint density at radius 2 is 1.94 bits per heavy atom. The van der Waals surface area contributed by atoms with Crippen molar-refractivity contribution in [2.75, 3.05) is 0 Å². The first-order valence-electron chi connectivity index (χ1n) is 5.52. The van der Waals surface area contributed by atoms with E-state index in [9.17, 15) is 18.7 Å². The van der Waals surface area contributed by atoms with E-state index in [4.69, 9.17) is 0 Å². The average Bonchev–Trinajstić information content (AvgIpc) is 2.66. The number of halogens is 2. The van der Waals surface area contributed by atoms with Crippen LogP contribution in [0.2, 0.25) is 0 Å². The third-order valence-corrected chi connectivity index (χ3v) is 3.39. The number of aliphatic hydroxyl groups is 1. The molecule has 1 fully saturated rings. The quantitative estimate of drug-likeness (QED) is 0.721. The predicted octanol–water partition coefficient (Wildman–Crippen LogP) is 1.37. The fourth-order valence-electron chi connectivity index (χ4n) is 2.05. The number of hydrogen-bond donors (Lipinski definition) is 2. The van der Waals surface area contributed by atoms with Gasteiger partial charge in [0.05, 0.1) is 0 Å². The molecule has 0 heterocycles. The third-order valence-electron chi connectivity index (χ3n) is 3.39. The fourth-order valence-corrected chi connectivity index (χ4v) is 2.05. The van der Waals surface area contributed by atoms with Crippen molar-refractivity contribution in [2.24, 2.45) is 0 Å². The second-order valence-corrected chi connectivity index (χ2v) is 4.57. The summed E-state index contributed by atoms with van der Waals surface area (Å²) < 4.78 is 27.2. The zero-order valence-electron chi connectivity index (χ0n) is 8.88. The summed E-state index contributed by atoms with van der Waals surface area (Å²) in [7, 11) is 0. The molecule has 5 heteroatoms. The van der Waals surface area contributed by atoms with Gasteiger partial charge in [0.15, 0.2) is 0 Å². The van der Waals surface area contributed by atoms with Crippen LogP contribution in [0.1, 0.15) is 32.1 Å². The Morgan fingerprint density at radius 3 is 2.38 bits per heavy atom. The Hall–Kier alpha value is -0.970. The Kier molecular flexibility index (Phi) is 2.74. The zero-order chi connectivity index (χ0) is 11.8. The number of rotatable bonds is 3. The molecule has 0 radical (unpaired) electrons. The minimum absolute atomic E-state index is 0.00363. The van der Waals surface area contributed by atoms with Gasteiger partial charge in [-0.3, -0.25) is 4.79 Å². The molecule has 0 spiro atoms. The first kappa shape index (κ1) is 11.5. The summed E-state index contributed by atoms with van der Waals surface area (Å²) in [6, 6.07) is -0.248. The molecule has 0 aliphatic heterocycles. The average molecular weight is 231 g/mol. The van der Waals surface area contributed by atoms with Gasteiger partial charge in [0, 0.05) is 6.04 Å². The summed E-state index contributed by atoms with van der Waals surface area (Å²) in [5.41, 5.74) is -2.12. The molecule has 2 N–H and O–H groups in total. The fraction of sp³-hybridized carbons (Fsp3) is 0.727. The molecule has 2 rings (SSSR count). The van der Waals surface area contributed by atoms with Crippen molar-refractivity contribution >= 4 is 5.91 Å². The van der Waals surface area contributed by atoms with Crippen LogP contribution in [-0.4, -0.2) is 28.6 Å². The molecule has 0 aromatic heterocycles.